The van der Waals surface area contributed by atoms with Crippen molar-refractivity contribution in [3.8, 4) is 11.1 Å². The number of benzene rings is 2. The number of rotatable bonds is 6. The number of halogens is 3. The maximum absolute atomic E-state index is 13.5. The molecule has 3 rings (SSSR count). The van der Waals surface area contributed by atoms with Crippen LogP contribution in [0.25, 0.3) is 11.1 Å². The van der Waals surface area contributed by atoms with Gasteiger partial charge in [-0.15, -0.1) is 0 Å². The van der Waals surface area contributed by atoms with Crippen LogP contribution in [0.4, 0.5) is 29.3 Å². The number of hydrogen-bond acceptors (Lipinski definition) is 6. The van der Waals surface area contributed by atoms with Gasteiger partial charge in [0.15, 0.2) is 5.78 Å². The number of nitrogens with one attached hydrogen (secondary N) is 1. The monoisotopic (exact) mass is 542 g/mol. The van der Waals surface area contributed by atoms with Crippen LogP contribution in [-0.2, 0) is 15.7 Å². The zero-order valence-corrected chi connectivity index (χ0v) is 22.2. The number of carbonyl (C=O) groups is 3. The van der Waals surface area contributed by atoms with Crippen LogP contribution in [0.15, 0.2) is 67.0 Å². The van der Waals surface area contributed by atoms with E-state index in [-0.39, 0.29) is 16.9 Å². The van der Waals surface area contributed by atoms with E-state index >= 15 is 0 Å². The highest BCUT2D eigenvalue weighted by molar-refractivity contribution is 6.09. The summed E-state index contributed by atoms with van der Waals surface area (Å²) in [4.78, 5) is 44.1. The van der Waals surface area contributed by atoms with E-state index in [0.717, 1.165) is 29.3 Å². The number of nitrogens with zero attached hydrogens (tertiary/aromatic N) is 3. The van der Waals surface area contributed by atoms with Crippen molar-refractivity contribution in [2.24, 2.45) is 0 Å². The van der Waals surface area contributed by atoms with E-state index in [1.165, 1.54) is 19.0 Å². The summed E-state index contributed by atoms with van der Waals surface area (Å²) in [7, 11) is 2.84. The molecule has 0 fully saturated rings. The van der Waals surface area contributed by atoms with Crippen molar-refractivity contribution in [1.82, 2.24) is 10.4 Å². The Bertz CT molecular complexity index is 1350. The van der Waals surface area contributed by atoms with Crippen LogP contribution in [0.5, 0.6) is 0 Å². The summed E-state index contributed by atoms with van der Waals surface area (Å²) >= 11 is 0. The van der Waals surface area contributed by atoms with Gasteiger partial charge in [-0.3, -0.25) is 20.0 Å². The largest absolute Gasteiger partial charge is 0.442 e. The SMILES string of the molecule is CN(C)c1cc(N(NC(=O)CC(=O)c2cccc(-c3cccnc3)c2)C(=O)OC(C)(C)C)ccc1C(F)(F)F. The van der Waals surface area contributed by atoms with Crippen molar-refractivity contribution in [1.29, 1.82) is 0 Å². The number of ketones is 1. The van der Waals surface area contributed by atoms with Crippen molar-refractivity contribution in [3.63, 3.8) is 0 Å². The van der Waals surface area contributed by atoms with Crippen molar-refractivity contribution in [2.45, 2.75) is 39.0 Å². The molecule has 0 unspecified atom stereocenters. The maximum atomic E-state index is 13.5. The molecule has 0 radical (unpaired) electrons. The van der Waals surface area contributed by atoms with Gasteiger partial charge in [0.05, 0.1) is 23.4 Å². The maximum Gasteiger partial charge on any atom is 0.434 e. The van der Waals surface area contributed by atoms with Crippen molar-refractivity contribution >= 4 is 29.2 Å². The van der Waals surface area contributed by atoms with E-state index in [1.54, 1.807) is 63.5 Å². The molecule has 0 atom stereocenters. The molecule has 39 heavy (non-hydrogen) atoms. The van der Waals surface area contributed by atoms with Crippen molar-refractivity contribution in [2.75, 3.05) is 24.0 Å². The number of amides is 2. The minimum Gasteiger partial charge on any atom is -0.442 e. The predicted molar refractivity (Wildman–Crippen MR) is 141 cm³/mol. The second kappa shape index (κ2) is 11.5. The van der Waals surface area contributed by atoms with Gasteiger partial charge in [-0.2, -0.15) is 18.2 Å². The van der Waals surface area contributed by atoms with Crippen LogP contribution in [-0.4, -0.2) is 42.5 Å². The van der Waals surface area contributed by atoms with Gasteiger partial charge < -0.3 is 9.64 Å². The van der Waals surface area contributed by atoms with Crippen LogP contribution in [0.1, 0.15) is 43.1 Å². The van der Waals surface area contributed by atoms with Gasteiger partial charge in [-0.25, -0.2) is 4.79 Å². The number of aromatic nitrogens is 1. The minimum atomic E-state index is -4.64. The molecule has 0 aliphatic carbocycles. The first-order valence-electron chi connectivity index (χ1n) is 11.9. The Labute approximate surface area is 224 Å². The Hall–Kier alpha value is -4.41. The highest BCUT2D eigenvalue weighted by Gasteiger charge is 2.35. The van der Waals surface area contributed by atoms with E-state index < -0.39 is 41.5 Å². The Morgan fingerprint density at radius 2 is 1.64 bits per heavy atom. The number of hydrazine groups is 1. The van der Waals surface area contributed by atoms with Gasteiger partial charge in [-0.1, -0.05) is 24.3 Å². The number of Topliss-reactive ketones (excluding diaryl/α,β-unsaturated/α-hetero) is 1. The topological polar surface area (TPSA) is 91.8 Å². The number of pyridine rings is 1. The fraction of sp³-hybridized carbons (Fsp3) is 0.286. The van der Waals surface area contributed by atoms with Crippen molar-refractivity contribution in [3.05, 3.63) is 78.1 Å². The number of anilines is 2. The van der Waals surface area contributed by atoms with E-state index in [9.17, 15) is 27.6 Å². The predicted octanol–water partition coefficient (Wildman–Crippen LogP) is 5.88. The molecule has 0 spiro atoms. The first-order chi connectivity index (χ1) is 18.2. The lowest BCUT2D eigenvalue weighted by molar-refractivity contribution is -0.137. The van der Waals surface area contributed by atoms with Gasteiger partial charge >= 0.3 is 12.3 Å². The molecule has 8 nitrogen and oxygen atoms in total. The van der Waals surface area contributed by atoms with Crippen molar-refractivity contribution < 1.29 is 32.3 Å². The number of carbonyl (C=O) groups excluding carboxylic acids is 3. The summed E-state index contributed by atoms with van der Waals surface area (Å²) in [5.74, 6) is -1.38. The van der Waals surface area contributed by atoms with Crippen LogP contribution >= 0.6 is 0 Å². The molecule has 3 aromatic rings. The van der Waals surface area contributed by atoms with Gasteiger partial charge in [0.1, 0.15) is 5.60 Å². The third kappa shape index (κ3) is 7.79. The summed E-state index contributed by atoms with van der Waals surface area (Å²) in [6, 6.07) is 13.2. The third-order valence-corrected chi connectivity index (χ3v) is 5.34. The fourth-order valence-electron chi connectivity index (χ4n) is 3.61. The number of ether oxygens (including phenoxy) is 1. The number of alkyl halides is 3. The number of hydrogen-bond donors (Lipinski definition) is 1. The Kier molecular flexibility index (Phi) is 8.63. The van der Waals surface area contributed by atoms with Gasteiger partial charge in [0, 0.05) is 37.6 Å². The van der Waals surface area contributed by atoms with E-state index in [0.29, 0.717) is 5.01 Å². The molecular weight excluding hydrogens is 513 g/mol. The van der Waals surface area contributed by atoms with Crippen LogP contribution in [0.2, 0.25) is 0 Å². The highest BCUT2D eigenvalue weighted by atomic mass is 19.4. The average molecular weight is 543 g/mol. The molecule has 0 aliphatic heterocycles. The zero-order valence-electron chi connectivity index (χ0n) is 22.2. The first kappa shape index (κ1) is 29.2. The summed E-state index contributed by atoms with van der Waals surface area (Å²) < 4.78 is 45.9. The van der Waals surface area contributed by atoms with Gasteiger partial charge in [0.2, 0.25) is 5.91 Å². The Morgan fingerprint density at radius 1 is 0.949 bits per heavy atom. The smallest absolute Gasteiger partial charge is 0.434 e. The lowest BCUT2D eigenvalue weighted by Gasteiger charge is -2.29. The molecule has 1 heterocycles. The molecule has 1 aromatic heterocycles. The van der Waals surface area contributed by atoms with E-state index in [4.69, 9.17) is 4.74 Å². The molecule has 0 bridgehead atoms. The minimum absolute atomic E-state index is 0.0830. The molecule has 2 amide bonds. The van der Waals surface area contributed by atoms with Crippen LogP contribution in [0.3, 0.4) is 0 Å². The summed E-state index contributed by atoms with van der Waals surface area (Å²) in [5.41, 5.74) is 1.88. The average Bonchev–Trinajstić information content (AvgIpc) is 2.86. The fourth-order valence-corrected chi connectivity index (χ4v) is 3.61. The highest BCUT2D eigenvalue weighted by Crippen LogP contribution is 2.38. The van der Waals surface area contributed by atoms with Crippen LogP contribution < -0.4 is 15.3 Å². The molecule has 206 valence electrons. The van der Waals surface area contributed by atoms with E-state index in [1.807, 2.05) is 6.07 Å². The second-order valence-corrected chi connectivity index (χ2v) is 9.87. The standard InChI is InChI=1S/C28H29F3N4O4/c1-27(2,3)39-26(38)35(21-11-12-22(28(29,30)31)23(15-21)34(4)5)33-25(37)16-24(36)19-9-6-8-18(14-19)20-10-7-13-32-17-20/h6-15,17H,16H2,1-5H3,(H,33,37). The molecule has 0 saturated carbocycles. The second-order valence-electron chi connectivity index (χ2n) is 9.87. The third-order valence-electron chi connectivity index (χ3n) is 5.34. The molecule has 11 heteroatoms. The first-order valence-corrected chi connectivity index (χ1v) is 11.9. The Balaban J connectivity index is 1.88. The molecular formula is C28H29F3N4O4. The zero-order chi connectivity index (χ0) is 29.0. The summed E-state index contributed by atoms with van der Waals surface area (Å²) in [6.07, 6.45) is -3.05. The summed E-state index contributed by atoms with van der Waals surface area (Å²) in [5, 5.41) is 0.695. The van der Waals surface area contributed by atoms with Gasteiger partial charge in [-0.05, 0) is 56.7 Å². The van der Waals surface area contributed by atoms with Gasteiger partial charge in [0.25, 0.3) is 0 Å². The van der Waals surface area contributed by atoms with Crippen LogP contribution in [0, 0.1) is 0 Å². The summed E-state index contributed by atoms with van der Waals surface area (Å²) in [6.45, 7) is 4.80. The quantitative estimate of drug-likeness (QED) is 0.238. The van der Waals surface area contributed by atoms with E-state index in [2.05, 4.69) is 10.4 Å². The molecule has 2 aromatic carbocycles. The molecule has 0 saturated heterocycles. The molecule has 1 N–H and O–H groups in total. The lowest BCUT2D eigenvalue weighted by Crippen LogP contribution is -2.49. The normalized spacial score (nSPS) is 11.5. The lowest BCUT2D eigenvalue weighted by atomic mass is 10.0. The molecule has 0 aliphatic rings. The Morgan fingerprint density at radius 3 is 2.23 bits per heavy atom.